The normalized spacial score (nSPS) is 18.1. The molecule has 0 amide bonds. The molecule has 0 bridgehead atoms. The van der Waals surface area contributed by atoms with E-state index in [1.54, 1.807) is 12.5 Å². The summed E-state index contributed by atoms with van der Waals surface area (Å²) in [7, 11) is 0. The lowest BCUT2D eigenvalue weighted by molar-refractivity contribution is 0.297. The van der Waals surface area contributed by atoms with Gasteiger partial charge in [0.1, 0.15) is 12.4 Å². The third-order valence-electron chi connectivity index (χ3n) is 3.66. The zero-order chi connectivity index (χ0) is 13.1. The Morgan fingerprint density at radius 2 is 2.37 bits per heavy atom. The molecule has 2 N–H and O–H groups in total. The van der Waals surface area contributed by atoms with Crippen LogP contribution in [0.15, 0.2) is 36.9 Å². The first-order chi connectivity index (χ1) is 9.33. The van der Waals surface area contributed by atoms with E-state index in [0.29, 0.717) is 6.61 Å². The number of nitrogens with two attached hydrogens (primary N) is 1. The second kappa shape index (κ2) is 5.45. The maximum Gasteiger partial charge on any atom is 0.119 e. The number of aromatic nitrogens is 2. The van der Waals surface area contributed by atoms with Crippen LogP contribution < -0.4 is 10.5 Å². The van der Waals surface area contributed by atoms with Gasteiger partial charge in [0.25, 0.3) is 0 Å². The fourth-order valence-electron chi connectivity index (χ4n) is 2.59. The Kier molecular flexibility index (Phi) is 3.51. The van der Waals surface area contributed by atoms with Crippen LogP contribution in [0.1, 0.15) is 30.0 Å². The van der Waals surface area contributed by atoms with E-state index in [0.717, 1.165) is 25.1 Å². The van der Waals surface area contributed by atoms with Gasteiger partial charge in [-0.05, 0) is 42.5 Å². The Balaban J connectivity index is 1.63. The van der Waals surface area contributed by atoms with Gasteiger partial charge in [-0.3, -0.25) is 0 Å². The first-order valence-electron chi connectivity index (χ1n) is 6.80. The standard InChI is InChI=1S/C15H19N3O/c16-15-3-1-2-12-4-5-13(10-14(12)15)19-9-8-18-7-6-17-11-18/h4-7,10-11,15H,1-3,8-9,16H2/t15-/m0/s1. The summed E-state index contributed by atoms with van der Waals surface area (Å²) >= 11 is 0. The highest BCUT2D eigenvalue weighted by Crippen LogP contribution is 2.30. The number of benzene rings is 1. The molecule has 1 aromatic carbocycles. The molecule has 100 valence electrons. The number of aryl methyl sites for hydroxylation is 1. The van der Waals surface area contributed by atoms with Crippen molar-refractivity contribution in [1.29, 1.82) is 0 Å². The largest absolute Gasteiger partial charge is 0.492 e. The van der Waals surface area contributed by atoms with Crippen LogP contribution in [0, 0.1) is 0 Å². The number of ether oxygens (including phenoxy) is 1. The van der Waals surface area contributed by atoms with Crippen LogP contribution in [0.5, 0.6) is 5.75 Å². The molecule has 1 heterocycles. The maximum absolute atomic E-state index is 6.15. The summed E-state index contributed by atoms with van der Waals surface area (Å²) < 4.78 is 7.79. The fraction of sp³-hybridized carbons (Fsp3) is 0.400. The SMILES string of the molecule is N[C@H]1CCCc2ccc(OCCn3ccnc3)cc21. The van der Waals surface area contributed by atoms with Gasteiger partial charge in [0.15, 0.2) is 0 Å². The number of hydrogen-bond donors (Lipinski definition) is 1. The molecule has 0 spiro atoms. The van der Waals surface area contributed by atoms with Gasteiger partial charge < -0.3 is 15.0 Å². The Morgan fingerprint density at radius 3 is 3.21 bits per heavy atom. The summed E-state index contributed by atoms with van der Waals surface area (Å²) in [5.74, 6) is 0.913. The molecule has 1 aliphatic rings. The van der Waals surface area contributed by atoms with Crippen LogP contribution in [-0.2, 0) is 13.0 Å². The van der Waals surface area contributed by atoms with E-state index >= 15 is 0 Å². The minimum Gasteiger partial charge on any atom is -0.492 e. The molecule has 0 aliphatic heterocycles. The monoisotopic (exact) mass is 257 g/mol. The number of nitrogens with zero attached hydrogens (tertiary/aromatic N) is 2. The molecule has 0 fully saturated rings. The lowest BCUT2D eigenvalue weighted by Gasteiger charge is -2.22. The van der Waals surface area contributed by atoms with Crippen molar-refractivity contribution >= 4 is 0 Å². The van der Waals surface area contributed by atoms with Gasteiger partial charge in [0.05, 0.1) is 12.9 Å². The van der Waals surface area contributed by atoms with E-state index in [2.05, 4.69) is 17.1 Å². The minimum absolute atomic E-state index is 0.168. The third-order valence-corrected chi connectivity index (χ3v) is 3.66. The molecule has 0 unspecified atom stereocenters. The first kappa shape index (κ1) is 12.2. The summed E-state index contributed by atoms with van der Waals surface area (Å²) in [4.78, 5) is 4.01. The average Bonchev–Trinajstić information content (AvgIpc) is 2.93. The van der Waals surface area contributed by atoms with Crippen LogP contribution >= 0.6 is 0 Å². The summed E-state index contributed by atoms with van der Waals surface area (Å²) in [6.45, 7) is 1.45. The van der Waals surface area contributed by atoms with Crippen LogP contribution in [-0.4, -0.2) is 16.2 Å². The zero-order valence-corrected chi connectivity index (χ0v) is 11.0. The van der Waals surface area contributed by atoms with Crippen molar-refractivity contribution < 1.29 is 4.74 Å². The second-order valence-electron chi connectivity index (χ2n) is 5.01. The van der Waals surface area contributed by atoms with E-state index in [4.69, 9.17) is 10.5 Å². The van der Waals surface area contributed by atoms with Crippen molar-refractivity contribution in [2.75, 3.05) is 6.61 Å². The van der Waals surface area contributed by atoms with Crippen molar-refractivity contribution in [3.05, 3.63) is 48.0 Å². The molecular formula is C15H19N3O. The van der Waals surface area contributed by atoms with Crippen molar-refractivity contribution in [3.63, 3.8) is 0 Å². The van der Waals surface area contributed by atoms with Gasteiger partial charge in [-0.2, -0.15) is 0 Å². The topological polar surface area (TPSA) is 53.1 Å². The Labute approximate surface area is 113 Å². The quantitative estimate of drug-likeness (QED) is 0.914. The van der Waals surface area contributed by atoms with E-state index < -0.39 is 0 Å². The van der Waals surface area contributed by atoms with Crippen LogP contribution in [0.4, 0.5) is 0 Å². The molecule has 1 aromatic heterocycles. The first-order valence-corrected chi connectivity index (χ1v) is 6.80. The highest BCUT2D eigenvalue weighted by atomic mass is 16.5. The summed E-state index contributed by atoms with van der Waals surface area (Å²) in [5, 5.41) is 0. The Bertz CT molecular complexity index is 536. The Hall–Kier alpha value is -1.81. The summed E-state index contributed by atoms with van der Waals surface area (Å²) in [6.07, 6.45) is 8.91. The third kappa shape index (κ3) is 2.79. The second-order valence-corrected chi connectivity index (χ2v) is 5.01. The fourth-order valence-corrected chi connectivity index (χ4v) is 2.59. The van der Waals surface area contributed by atoms with Crippen molar-refractivity contribution in [2.24, 2.45) is 5.73 Å². The molecule has 4 nitrogen and oxygen atoms in total. The van der Waals surface area contributed by atoms with Gasteiger partial charge in [0, 0.05) is 18.4 Å². The molecular weight excluding hydrogens is 238 g/mol. The maximum atomic E-state index is 6.15. The molecule has 1 aliphatic carbocycles. The van der Waals surface area contributed by atoms with E-state index in [-0.39, 0.29) is 6.04 Å². The highest BCUT2D eigenvalue weighted by molar-refractivity contribution is 5.39. The molecule has 0 radical (unpaired) electrons. The van der Waals surface area contributed by atoms with Gasteiger partial charge in [-0.15, -0.1) is 0 Å². The number of fused-ring (bicyclic) bond motifs is 1. The van der Waals surface area contributed by atoms with Gasteiger partial charge in [-0.25, -0.2) is 4.98 Å². The average molecular weight is 257 g/mol. The number of imidazole rings is 1. The van der Waals surface area contributed by atoms with Crippen LogP contribution in [0.3, 0.4) is 0 Å². The van der Waals surface area contributed by atoms with Crippen molar-refractivity contribution in [2.45, 2.75) is 31.8 Å². The lowest BCUT2D eigenvalue weighted by Crippen LogP contribution is -2.17. The highest BCUT2D eigenvalue weighted by Gasteiger charge is 2.17. The van der Waals surface area contributed by atoms with Gasteiger partial charge in [-0.1, -0.05) is 6.07 Å². The van der Waals surface area contributed by atoms with Crippen molar-refractivity contribution in [1.82, 2.24) is 9.55 Å². The Morgan fingerprint density at radius 1 is 1.42 bits per heavy atom. The molecule has 19 heavy (non-hydrogen) atoms. The molecule has 0 saturated carbocycles. The summed E-state index contributed by atoms with van der Waals surface area (Å²) in [6, 6.07) is 6.47. The number of hydrogen-bond acceptors (Lipinski definition) is 3. The van der Waals surface area contributed by atoms with Gasteiger partial charge >= 0.3 is 0 Å². The van der Waals surface area contributed by atoms with E-state index in [9.17, 15) is 0 Å². The molecule has 3 rings (SSSR count). The molecule has 0 saturated heterocycles. The summed E-state index contributed by atoms with van der Waals surface area (Å²) in [5.41, 5.74) is 8.78. The number of rotatable bonds is 4. The zero-order valence-electron chi connectivity index (χ0n) is 11.0. The predicted octanol–water partition coefficient (Wildman–Crippen LogP) is 2.30. The van der Waals surface area contributed by atoms with E-state index in [1.165, 1.54) is 17.5 Å². The molecule has 1 atom stereocenters. The predicted molar refractivity (Wildman–Crippen MR) is 74.0 cm³/mol. The van der Waals surface area contributed by atoms with Crippen LogP contribution in [0.2, 0.25) is 0 Å². The smallest absolute Gasteiger partial charge is 0.119 e. The molecule has 2 aromatic rings. The molecule has 4 heteroatoms. The van der Waals surface area contributed by atoms with Crippen LogP contribution in [0.25, 0.3) is 0 Å². The minimum atomic E-state index is 0.168. The lowest BCUT2D eigenvalue weighted by atomic mass is 9.88. The van der Waals surface area contributed by atoms with Gasteiger partial charge in [0.2, 0.25) is 0 Å². The van der Waals surface area contributed by atoms with E-state index in [1.807, 2.05) is 16.8 Å². The van der Waals surface area contributed by atoms with Crippen molar-refractivity contribution in [3.8, 4) is 5.75 Å².